The van der Waals surface area contributed by atoms with Crippen molar-refractivity contribution in [3.63, 3.8) is 0 Å². The first-order valence-electron chi connectivity index (χ1n) is 8.95. The van der Waals surface area contributed by atoms with Gasteiger partial charge in [0.25, 0.3) is 0 Å². The Balaban J connectivity index is 2.04. The number of hydrogen-bond acceptors (Lipinski definition) is 3. The fraction of sp³-hybridized carbons (Fsp3) is 0.579. The molecule has 2 amide bonds. The van der Waals surface area contributed by atoms with Gasteiger partial charge in [-0.2, -0.15) is 0 Å². The molecule has 0 radical (unpaired) electrons. The quantitative estimate of drug-likeness (QED) is 0.769. The van der Waals surface area contributed by atoms with Crippen molar-refractivity contribution in [2.45, 2.75) is 58.5 Å². The van der Waals surface area contributed by atoms with E-state index >= 15 is 0 Å². The zero-order valence-corrected chi connectivity index (χ0v) is 14.8. The third-order valence-electron chi connectivity index (χ3n) is 4.78. The van der Waals surface area contributed by atoms with Crippen LogP contribution in [0.1, 0.15) is 51.5 Å². The largest absolute Gasteiger partial charge is 0.368 e. The van der Waals surface area contributed by atoms with E-state index in [1.54, 1.807) is 0 Å². The number of amides is 2. The van der Waals surface area contributed by atoms with E-state index < -0.39 is 0 Å². The summed E-state index contributed by atoms with van der Waals surface area (Å²) in [6.07, 6.45) is 4.86. The molecule has 0 saturated carbocycles. The summed E-state index contributed by atoms with van der Waals surface area (Å²) in [5, 5.41) is 3.06. The molecule has 1 aliphatic rings. The summed E-state index contributed by atoms with van der Waals surface area (Å²) in [7, 11) is 0. The van der Waals surface area contributed by atoms with Gasteiger partial charge in [-0.15, -0.1) is 0 Å². The summed E-state index contributed by atoms with van der Waals surface area (Å²) in [5.74, 6) is -0.200. The van der Waals surface area contributed by atoms with Crippen LogP contribution in [0.2, 0.25) is 0 Å². The highest BCUT2D eigenvalue weighted by atomic mass is 16.2. The van der Waals surface area contributed by atoms with Gasteiger partial charge in [0.1, 0.15) is 0 Å². The van der Waals surface area contributed by atoms with Crippen LogP contribution in [0.4, 0.5) is 5.69 Å². The molecule has 0 aromatic heterocycles. The number of benzene rings is 1. The standard InChI is InChI=1S/C19H29N3O2/c1-3-4-8-14(2)19(24)21-16-10-6-5-9-15(16)13-22-12-7-11-17(22)18(20)23/h5-6,9-10,14,17H,3-4,7-8,11-13H2,1-2H3,(H2,20,23)(H,21,24)/t14-,17-/m1/s1. The Hall–Kier alpha value is -1.88. The highest BCUT2D eigenvalue weighted by Crippen LogP contribution is 2.24. The van der Waals surface area contributed by atoms with Crippen molar-refractivity contribution in [3.8, 4) is 0 Å². The van der Waals surface area contributed by atoms with Crippen LogP contribution in [0.25, 0.3) is 0 Å². The van der Waals surface area contributed by atoms with E-state index in [-0.39, 0.29) is 23.8 Å². The van der Waals surface area contributed by atoms with Gasteiger partial charge in [-0.1, -0.05) is 44.9 Å². The second-order valence-electron chi connectivity index (χ2n) is 6.72. The van der Waals surface area contributed by atoms with E-state index in [4.69, 9.17) is 5.73 Å². The van der Waals surface area contributed by atoms with Crippen LogP contribution in [0.3, 0.4) is 0 Å². The maximum Gasteiger partial charge on any atom is 0.234 e. The molecule has 5 nitrogen and oxygen atoms in total. The first-order chi connectivity index (χ1) is 11.5. The minimum Gasteiger partial charge on any atom is -0.368 e. The number of likely N-dealkylation sites (tertiary alicyclic amines) is 1. The van der Waals surface area contributed by atoms with Crippen LogP contribution >= 0.6 is 0 Å². The summed E-state index contributed by atoms with van der Waals surface area (Å²) >= 11 is 0. The van der Waals surface area contributed by atoms with E-state index in [0.717, 1.165) is 49.9 Å². The fourth-order valence-electron chi connectivity index (χ4n) is 3.23. The Morgan fingerprint density at radius 3 is 2.83 bits per heavy atom. The van der Waals surface area contributed by atoms with Crippen molar-refractivity contribution in [2.75, 3.05) is 11.9 Å². The number of unbranched alkanes of at least 4 members (excludes halogenated alkanes) is 1. The van der Waals surface area contributed by atoms with Crippen molar-refractivity contribution in [3.05, 3.63) is 29.8 Å². The molecule has 1 aromatic rings. The Labute approximate surface area is 144 Å². The molecule has 2 rings (SSSR count). The number of carbonyl (C=O) groups is 2. The molecule has 0 bridgehead atoms. The van der Waals surface area contributed by atoms with Crippen LogP contribution in [-0.2, 0) is 16.1 Å². The van der Waals surface area contributed by atoms with Crippen LogP contribution in [-0.4, -0.2) is 29.3 Å². The van der Waals surface area contributed by atoms with Crippen molar-refractivity contribution in [1.82, 2.24) is 4.90 Å². The molecule has 1 fully saturated rings. The number of carbonyl (C=O) groups excluding carboxylic acids is 2. The topological polar surface area (TPSA) is 75.4 Å². The lowest BCUT2D eigenvalue weighted by molar-refractivity contribution is -0.122. The minimum atomic E-state index is -0.262. The molecular formula is C19H29N3O2. The molecule has 24 heavy (non-hydrogen) atoms. The molecule has 1 aromatic carbocycles. The fourth-order valence-corrected chi connectivity index (χ4v) is 3.23. The monoisotopic (exact) mass is 331 g/mol. The Bertz CT molecular complexity index is 573. The number of para-hydroxylation sites is 1. The summed E-state index contributed by atoms with van der Waals surface area (Å²) in [4.78, 5) is 26.1. The van der Waals surface area contributed by atoms with Gasteiger partial charge in [-0.05, 0) is 37.4 Å². The number of primary amides is 1. The molecule has 1 heterocycles. The van der Waals surface area contributed by atoms with Crippen LogP contribution in [0, 0.1) is 5.92 Å². The molecule has 5 heteroatoms. The smallest absolute Gasteiger partial charge is 0.234 e. The Morgan fingerprint density at radius 1 is 1.38 bits per heavy atom. The maximum atomic E-state index is 12.4. The average molecular weight is 331 g/mol. The van der Waals surface area contributed by atoms with Crippen LogP contribution in [0.5, 0.6) is 0 Å². The number of nitrogens with two attached hydrogens (primary N) is 1. The number of anilines is 1. The molecule has 0 spiro atoms. The van der Waals surface area contributed by atoms with E-state index in [2.05, 4.69) is 17.1 Å². The molecular weight excluding hydrogens is 302 g/mol. The molecule has 2 atom stereocenters. The summed E-state index contributed by atoms with van der Waals surface area (Å²) in [6, 6.07) is 7.61. The second kappa shape index (κ2) is 8.83. The lowest BCUT2D eigenvalue weighted by Gasteiger charge is -2.23. The van der Waals surface area contributed by atoms with Crippen molar-refractivity contribution in [2.24, 2.45) is 11.7 Å². The Morgan fingerprint density at radius 2 is 2.12 bits per heavy atom. The zero-order valence-electron chi connectivity index (χ0n) is 14.8. The number of nitrogens with one attached hydrogen (secondary N) is 1. The van der Waals surface area contributed by atoms with E-state index in [9.17, 15) is 9.59 Å². The highest BCUT2D eigenvalue weighted by molar-refractivity contribution is 5.93. The molecule has 132 valence electrons. The number of hydrogen-bond donors (Lipinski definition) is 2. The lowest BCUT2D eigenvalue weighted by Crippen LogP contribution is -2.39. The van der Waals surface area contributed by atoms with Crippen molar-refractivity contribution in [1.29, 1.82) is 0 Å². The SMILES string of the molecule is CCCC[C@@H](C)C(=O)Nc1ccccc1CN1CCC[C@@H]1C(N)=O. The van der Waals surface area contributed by atoms with Crippen molar-refractivity contribution < 1.29 is 9.59 Å². The third-order valence-corrected chi connectivity index (χ3v) is 4.78. The lowest BCUT2D eigenvalue weighted by atomic mass is 10.0. The van der Waals surface area contributed by atoms with Gasteiger partial charge in [0.05, 0.1) is 6.04 Å². The van der Waals surface area contributed by atoms with Gasteiger partial charge in [-0.25, -0.2) is 0 Å². The molecule has 1 aliphatic heterocycles. The summed E-state index contributed by atoms with van der Waals surface area (Å²) in [6.45, 7) is 5.60. The van der Waals surface area contributed by atoms with E-state index in [1.807, 2.05) is 31.2 Å². The Kier molecular flexibility index (Phi) is 6.79. The maximum absolute atomic E-state index is 12.4. The van der Waals surface area contributed by atoms with Gasteiger partial charge >= 0.3 is 0 Å². The summed E-state index contributed by atoms with van der Waals surface area (Å²) in [5.41, 5.74) is 7.36. The van der Waals surface area contributed by atoms with Gasteiger partial charge in [0, 0.05) is 18.2 Å². The molecule has 0 aliphatic carbocycles. The zero-order chi connectivity index (χ0) is 17.5. The van der Waals surface area contributed by atoms with E-state index in [1.165, 1.54) is 0 Å². The van der Waals surface area contributed by atoms with Crippen molar-refractivity contribution >= 4 is 17.5 Å². The van der Waals surface area contributed by atoms with Crippen LogP contribution < -0.4 is 11.1 Å². The number of nitrogens with zero attached hydrogens (tertiary/aromatic N) is 1. The minimum absolute atomic E-state index is 0.00293. The average Bonchev–Trinajstić information content (AvgIpc) is 3.02. The predicted molar refractivity (Wildman–Crippen MR) is 96.4 cm³/mol. The van der Waals surface area contributed by atoms with Gasteiger partial charge < -0.3 is 11.1 Å². The molecule has 1 saturated heterocycles. The summed E-state index contributed by atoms with van der Waals surface area (Å²) < 4.78 is 0. The number of rotatable bonds is 8. The van der Waals surface area contributed by atoms with Crippen LogP contribution in [0.15, 0.2) is 24.3 Å². The van der Waals surface area contributed by atoms with Gasteiger partial charge in [-0.3, -0.25) is 14.5 Å². The second-order valence-corrected chi connectivity index (χ2v) is 6.72. The van der Waals surface area contributed by atoms with Gasteiger partial charge in [0.2, 0.25) is 11.8 Å². The normalized spacial score (nSPS) is 19.2. The first kappa shape index (κ1) is 18.5. The predicted octanol–water partition coefficient (Wildman–Crippen LogP) is 2.90. The van der Waals surface area contributed by atoms with Gasteiger partial charge in [0.15, 0.2) is 0 Å². The molecule has 3 N–H and O–H groups in total. The van der Waals surface area contributed by atoms with E-state index in [0.29, 0.717) is 6.54 Å². The molecule has 0 unspecified atom stereocenters. The third kappa shape index (κ3) is 4.81. The highest BCUT2D eigenvalue weighted by Gasteiger charge is 2.29. The first-order valence-corrected chi connectivity index (χ1v) is 8.95.